The van der Waals surface area contributed by atoms with Gasteiger partial charge in [-0.15, -0.1) is 0 Å². The van der Waals surface area contributed by atoms with Gasteiger partial charge in [-0.1, -0.05) is 48.6 Å². The average molecular weight is 272 g/mol. The lowest BCUT2D eigenvalue weighted by molar-refractivity contribution is 0.669. The van der Waals surface area contributed by atoms with Gasteiger partial charge >= 0.3 is 0 Å². The molecule has 0 amide bonds. The highest BCUT2D eigenvalue weighted by atomic mass is 16.3. The van der Waals surface area contributed by atoms with Crippen LogP contribution in [0.2, 0.25) is 0 Å². The van der Waals surface area contributed by atoms with Gasteiger partial charge in [-0.2, -0.15) is 0 Å². The third-order valence-corrected chi connectivity index (χ3v) is 4.12. The molecule has 1 heteroatoms. The van der Waals surface area contributed by atoms with E-state index in [-0.39, 0.29) is 0 Å². The Bertz CT molecular complexity index is 1000. The third kappa shape index (κ3) is 1.71. The van der Waals surface area contributed by atoms with Crippen molar-refractivity contribution >= 4 is 38.8 Å². The van der Waals surface area contributed by atoms with E-state index in [1.165, 1.54) is 32.7 Å². The fourth-order valence-electron chi connectivity index (χ4n) is 3.14. The molecule has 3 aromatic carbocycles. The number of furan rings is 1. The van der Waals surface area contributed by atoms with E-state index in [9.17, 15) is 0 Å². The second kappa shape index (κ2) is 4.49. The maximum atomic E-state index is 6.07. The van der Waals surface area contributed by atoms with Gasteiger partial charge in [0.05, 0.1) is 0 Å². The predicted molar refractivity (Wildman–Crippen MR) is 90.7 cm³/mol. The van der Waals surface area contributed by atoms with Crippen molar-refractivity contribution in [2.24, 2.45) is 0 Å². The number of benzene rings is 3. The van der Waals surface area contributed by atoms with E-state index >= 15 is 0 Å². The summed E-state index contributed by atoms with van der Waals surface area (Å²) in [6.45, 7) is 4.21. The molecule has 0 radical (unpaired) electrons. The van der Waals surface area contributed by atoms with Crippen molar-refractivity contribution in [1.29, 1.82) is 0 Å². The second-order valence-corrected chi connectivity index (χ2v) is 5.43. The Morgan fingerprint density at radius 2 is 1.62 bits per heavy atom. The summed E-state index contributed by atoms with van der Waals surface area (Å²) in [4.78, 5) is 0. The van der Waals surface area contributed by atoms with Crippen molar-refractivity contribution in [2.75, 3.05) is 0 Å². The van der Waals surface area contributed by atoms with Crippen molar-refractivity contribution in [3.8, 4) is 0 Å². The van der Waals surface area contributed by atoms with Gasteiger partial charge < -0.3 is 4.42 Å². The summed E-state index contributed by atoms with van der Waals surface area (Å²) in [6.07, 6.45) is 4.26. The Kier molecular flexibility index (Phi) is 2.61. The molecule has 0 aliphatic heterocycles. The van der Waals surface area contributed by atoms with Gasteiger partial charge in [0.25, 0.3) is 0 Å². The summed E-state index contributed by atoms with van der Waals surface area (Å²) in [5, 5.41) is 4.95. The first-order chi connectivity index (χ1) is 10.3. The first-order valence-electron chi connectivity index (χ1n) is 7.26. The van der Waals surface area contributed by atoms with E-state index in [1.807, 2.05) is 0 Å². The summed E-state index contributed by atoms with van der Waals surface area (Å²) < 4.78 is 6.07. The minimum absolute atomic E-state index is 0.958. The number of aryl methyl sites for hydroxylation is 1. The van der Waals surface area contributed by atoms with E-state index in [2.05, 4.69) is 74.5 Å². The van der Waals surface area contributed by atoms with Crippen molar-refractivity contribution < 1.29 is 4.42 Å². The van der Waals surface area contributed by atoms with Crippen LogP contribution in [0.5, 0.6) is 0 Å². The number of rotatable bonds is 1. The van der Waals surface area contributed by atoms with Crippen LogP contribution in [0.4, 0.5) is 0 Å². The molecule has 21 heavy (non-hydrogen) atoms. The van der Waals surface area contributed by atoms with Crippen LogP contribution in [0.1, 0.15) is 18.1 Å². The molecular weight excluding hydrogens is 256 g/mol. The van der Waals surface area contributed by atoms with Gasteiger partial charge in [0, 0.05) is 10.8 Å². The number of hydrogen-bond acceptors (Lipinski definition) is 1. The van der Waals surface area contributed by atoms with Gasteiger partial charge in [-0.25, -0.2) is 0 Å². The molecule has 0 atom stereocenters. The summed E-state index contributed by atoms with van der Waals surface area (Å²) >= 11 is 0. The van der Waals surface area contributed by atoms with Gasteiger partial charge in [0.15, 0.2) is 0 Å². The van der Waals surface area contributed by atoms with Crippen LogP contribution in [-0.4, -0.2) is 0 Å². The fourth-order valence-corrected chi connectivity index (χ4v) is 3.14. The van der Waals surface area contributed by atoms with Crippen LogP contribution < -0.4 is 0 Å². The molecule has 102 valence electrons. The maximum Gasteiger partial charge on any atom is 0.136 e. The summed E-state index contributed by atoms with van der Waals surface area (Å²) in [5.74, 6) is 0. The Labute approximate surface area is 123 Å². The Hall–Kier alpha value is -2.54. The minimum atomic E-state index is 0.958. The highest BCUT2D eigenvalue weighted by Crippen LogP contribution is 2.37. The maximum absolute atomic E-state index is 6.07. The topological polar surface area (TPSA) is 13.1 Å². The predicted octanol–water partition coefficient (Wildman–Crippen LogP) is 6.08. The van der Waals surface area contributed by atoms with E-state index in [0.29, 0.717) is 0 Å². The fraction of sp³-hybridized carbons (Fsp3) is 0.100. The first kappa shape index (κ1) is 12.2. The van der Waals surface area contributed by atoms with E-state index in [0.717, 1.165) is 11.2 Å². The smallest absolute Gasteiger partial charge is 0.136 e. The first-order valence-corrected chi connectivity index (χ1v) is 7.26. The zero-order valence-corrected chi connectivity index (χ0v) is 12.2. The highest BCUT2D eigenvalue weighted by Gasteiger charge is 2.13. The van der Waals surface area contributed by atoms with Crippen molar-refractivity contribution in [1.82, 2.24) is 0 Å². The zero-order valence-electron chi connectivity index (χ0n) is 12.2. The number of fused-ring (bicyclic) bond motifs is 5. The Morgan fingerprint density at radius 3 is 2.48 bits per heavy atom. The van der Waals surface area contributed by atoms with Crippen molar-refractivity contribution in [3.05, 3.63) is 65.7 Å². The molecule has 1 heterocycles. The van der Waals surface area contributed by atoms with Gasteiger partial charge in [0.2, 0.25) is 0 Å². The van der Waals surface area contributed by atoms with Crippen LogP contribution in [0.3, 0.4) is 0 Å². The van der Waals surface area contributed by atoms with Crippen LogP contribution >= 0.6 is 0 Å². The molecule has 4 aromatic rings. The molecule has 0 spiro atoms. The number of allylic oxidation sites excluding steroid dienone is 1. The largest absolute Gasteiger partial charge is 0.456 e. The molecule has 0 fully saturated rings. The monoisotopic (exact) mass is 272 g/mol. The molecule has 0 N–H and O–H groups in total. The molecule has 0 unspecified atom stereocenters. The Morgan fingerprint density at radius 1 is 0.857 bits per heavy atom. The minimum Gasteiger partial charge on any atom is -0.456 e. The molecule has 4 rings (SSSR count). The zero-order chi connectivity index (χ0) is 14.4. The van der Waals surface area contributed by atoms with Gasteiger partial charge in [0.1, 0.15) is 11.2 Å². The van der Waals surface area contributed by atoms with Crippen LogP contribution in [0, 0.1) is 6.92 Å². The van der Waals surface area contributed by atoms with E-state index < -0.39 is 0 Å². The van der Waals surface area contributed by atoms with E-state index in [4.69, 9.17) is 4.42 Å². The standard InChI is InChI=1S/C20H16O/c1-3-6-15-13(2)9-11-17-19(15)20-16-8-5-4-7-14(16)10-12-18(20)21-17/h3-12H,1-2H3/b6-3-. The lowest BCUT2D eigenvalue weighted by Gasteiger charge is -2.04. The average Bonchev–Trinajstić information content (AvgIpc) is 2.89. The second-order valence-electron chi connectivity index (χ2n) is 5.43. The molecule has 0 saturated heterocycles. The van der Waals surface area contributed by atoms with Crippen molar-refractivity contribution in [2.45, 2.75) is 13.8 Å². The molecule has 0 saturated carbocycles. The summed E-state index contributed by atoms with van der Waals surface area (Å²) in [7, 11) is 0. The van der Waals surface area contributed by atoms with Gasteiger partial charge in [-0.05, 0) is 47.9 Å². The molecule has 0 aliphatic carbocycles. The molecular formula is C20H16O. The van der Waals surface area contributed by atoms with Crippen LogP contribution in [0.25, 0.3) is 38.8 Å². The lowest BCUT2D eigenvalue weighted by Crippen LogP contribution is -1.82. The van der Waals surface area contributed by atoms with Crippen LogP contribution in [0.15, 0.2) is 59.0 Å². The molecule has 0 bridgehead atoms. The van der Waals surface area contributed by atoms with Crippen LogP contribution in [-0.2, 0) is 0 Å². The quantitative estimate of drug-likeness (QED) is 0.409. The Balaban J connectivity index is 2.33. The highest BCUT2D eigenvalue weighted by molar-refractivity contribution is 6.21. The molecule has 1 aromatic heterocycles. The molecule has 1 nitrogen and oxygen atoms in total. The molecule has 0 aliphatic rings. The number of hydrogen-bond donors (Lipinski definition) is 0. The summed E-state index contributed by atoms with van der Waals surface area (Å²) in [5.41, 5.74) is 4.45. The van der Waals surface area contributed by atoms with Crippen molar-refractivity contribution in [3.63, 3.8) is 0 Å². The summed E-state index contributed by atoms with van der Waals surface area (Å²) in [6, 6.07) is 16.9. The third-order valence-electron chi connectivity index (χ3n) is 4.12. The van der Waals surface area contributed by atoms with Gasteiger partial charge in [-0.3, -0.25) is 0 Å². The lowest BCUT2D eigenvalue weighted by atomic mass is 9.98. The normalized spacial score (nSPS) is 12.1. The van der Waals surface area contributed by atoms with E-state index in [1.54, 1.807) is 0 Å². The SMILES string of the molecule is C/C=C\c1c(C)ccc2oc3ccc4ccccc4c3c12.